The Labute approximate surface area is 138 Å². The average Bonchev–Trinajstić information content (AvgIpc) is 2.82. The zero-order chi connectivity index (χ0) is 18.2. The Morgan fingerprint density at radius 1 is 1.26 bits per heavy atom. The predicted octanol–water partition coefficient (Wildman–Crippen LogP) is 2.25. The molecule has 1 rings (SSSR count). The first kappa shape index (κ1) is 21.2. The summed E-state index contributed by atoms with van der Waals surface area (Å²) in [5, 5.41) is 11.3. The molecule has 1 heterocycles. The number of carboxylic acids is 1. The molecule has 0 saturated carbocycles. The number of amides is 2. The lowest BCUT2D eigenvalue weighted by molar-refractivity contribution is -0.147. The Balaban J connectivity index is 0.00000108. The van der Waals surface area contributed by atoms with Gasteiger partial charge in [-0.1, -0.05) is 20.8 Å². The van der Waals surface area contributed by atoms with Crippen molar-refractivity contribution in [3.05, 3.63) is 0 Å². The summed E-state index contributed by atoms with van der Waals surface area (Å²) in [5.41, 5.74) is -0.635. The molecule has 0 aromatic carbocycles. The zero-order valence-electron chi connectivity index (χ0n) is 15.0. The first-order valence-electron chi connectivity index (χ1n) is 7.93. The largest absolute Gasteiger partial charge is 0.480 e. The molecule has 134 valence electrons. The highest BCUT2D eigenvalue weighted by Gasteiger charge is 2.33. The van der Waals surface area contributed by atoms with Gasteiger partial charge in [-0.2, -0.15) is 0 Å². The van der Waals surface area contributed by atoms with Crippen molar-refractivity contribution in [2.45, 2.75) is 66.0 Å². The summed E-state index contributed by atoms with van der Waals surface area (Å²) >= 11 is 0. The zero-order valence-corrected chi connectivity index (χ0v) is 15.0. The number of nitrogens with one attached hydrogen (secondary N) is 1. The van der Waals surface area contributed by atoms with Crippen LogP contribution < -0.4 is 5.32 Å². The van der Waals surface area contributed by atoms with Crippen molar-refractivity contribution < 1.29 is 24.2 Å². The maximum atomic E-state index is 11.8. The monoisotopic (exact) mass is 330 g/mol. The smallest absolute Gasteiger partial charge is 0.408 e. The second-order valence-corrected chi connectivity index (χ2v) is 7.17. The molecular weight excluding hydrogens is 300 g/mol. The number of carbonyl (C=O) groups is 3. The number of carboxylic acid groups (broad SMARTS) is 1. The number of carbonyl (C=O) groups excluding carboxylic acids is 2. The van der Waals surface area contributed by atoms with Crippen LogP contribution in [0.3, 0.4) is 0 Å². The lowest BCUT2D eigenvalue weighted by Crippen LogP contribution is -2.46. The number of nitrogens with zero attached hydrogens (tertiary/aromatic N) is 1. The maximum Gasteiger partial charge on any atom is 0.408 e. The molecule has 0 aromatic heterocycles. The molecule has 2 N–H and O–H groups in total. The quantitative estimate of drug-likeness (QED) is 0.827. The summed E-state index contributed by atoms with van der Waals surface area (Å²) in [5.74, 6) is -0.584. The molecule has 0 radical (unpaired) electrons. The van der Waals surface area contributed by atoms with E-state index in [1.165, 1.54) is 4.90 Å². The highest BCUT2D eigenvalue weighted by atomic mass is 16.6. The highest BCUT2D eigenvalue weighted by Crippen LogP contribution is 2.17. The van der Waals surface area contributed by atoms with Crippen LogP contribution in [0.5, 0.6) is 0 Å². The standard InChI is InChI=1S/C12H20N2O5.C4H10/c1-12(2,3)19-11(18)13-7-9(15)14-6-4-5-8(14)10(16)17;1-4(2)3/h8H,4-7H2,1-3H3,(H,13,18)(H,16,17);4H,1-3H3/t8-;/m0./s1. The summed E-state index contributed by atoms with van der Waals surface area (Å²) in [6.07, 6.45) is 0.426. The molecule has 7 heteroatoms. The Morgan fingerprint density at radius 2 is 1.78 bits per heavy atom. The van der Waals surface area contributed by atoms with Gasteiger partial charge in [0.05, 0.1) is 0 Å². The summed E-state index contributed by atoms with van der Waals surface area (Å²) in [6, 6.07) is -0.784. The van der Waals surface area contributed by atoms with Crippen molar-refractivity contribution in [2.24, 2.45) is 5.92 Å². The SMILES string of the molecule is CC(C)(C)OC(=O)NCC(=O)N1CCC[C@H]1C(=O)O.CC(C)C. The Morgan fingerprint density at radius 3 is 2.22 bits per heavy atom. The van der Waals surface area contributed by atoms with Crippen LogP contribution in [0.2, 0.25) is 0 Å². The molecule has 1 aliphatic rings. The Kier molecular flexibility index (Phi) is 8.64. The third-order valence-electron chi connectivity index (χ3n) is 2.64. The van der Waals surface area contributed by atoms with E-state index in [9.17, 15) is 14.4 Å². The van der Waals surface area contributed by atoms with Gasteiger partial charge in [0.2, 0.25) is 5.91 Å². The van der Waals surface area contributed by atoms with E-state index in [1.54, 1.807) is 20.8 Å². The molecule has 1 fully saturated rings. The molecule has 7 nitrogen and oxygen atoms in total. The third-order valence-corrected chi connectivity index (χ3v) is 2.64. The lowest BCUT2D eigenvalue weighted by atomic mass is 10.2. The van der Waals surface area contributed by atoms with Crippen LogP contribution in [0, 0.1) is 5.92 Å². The van der Waals surface area contributed by atoms with Gasteiger partial charge < -0.3 is 20.1 Å². The fourth-order valence-corrected chi connectivity index (χ4v) is 1.89. The molecule has 1 saturated heterocycles. The number of aliphatic carboxylic acids is 1. The van der Waals surface area contributed by atoms with E-state index in [-0.39, 0.29) is 6.54 Å². The van der Waals surface area contributed by atoms with Crippen molar-refractivity contribution in [3.8, 4) is 0 Å². The van der Waals surface area contributed by atoms with Crippen LogP contribution in [0.4, 0.5) is 4.79 Å². The fourth-order valence-electron chi connectivity index (χ4n) is 1.89. The van der Waals surface area contributed by atoms with Gasteiger partial charge in [0.15, 0.2) is 0 Å². The minimum atomic E-state index is -1.01. The normalized spacial score (nSPS) is 17.3. The number of ether oxygens (including phenoxy) is 1. The molecule has 0 aliphatic carbocycles. The first-order valence-corrected chi connectivity index (χ1v) is 7.93. The average molecular weight is 330 g/mol. The number of hydrogen-bond donors (Lipinski definition) is 2. The second kappa shape index (κ2) is 9.37. The summed E-state index contributed by atoms with van der Waals surface area (Å²) in [6.45, 7) is 11.8. The molecule has 0 bridgehead atoms. The lowest BCUT2D eigenvalue weighted by Gasteiger charge is -2.23. The van der Waals surface area contributed by atoms with Crippen molar-refractivity contribution in [3.63, 3.8) is 0 Å². The van der Waals surface area contributed by atoms with Crippen molar-refractivity contribution in [2.75, 3.05) is 13.1 Å². The van der Waals surface area contributed by atoms with E-state index in [0.29, 0.717) is 19.4 Å². The maximum absolute atomic E-state index is 11.8. The Bertz CT molecular complexity index is 412. The van der Waals surface area contributed by atoms with Crippen LogP contribution in [-0.4, -0.2) is 52.7 Å². The number of hydrogen-bond acceptors (Lipinski definition) is 4. The van der Waals surface area contributed by atoms with Crippen LogP contribution >= 0.6 is 0 Å². The van der Waals surface area contributed by atoms with Gasteiger partial charge in [0.1, 0.15) is 18.2 Å². The minimum absolute atomic E-state index is 0.251. The van der Waals surface area contributed by atoms with E-state index in [1.807, 2.05) is 0 Å². The Hall–Kier alpha value is -1.79. The predicted molar refractivity (Wildman–Crippen MR) is 87.1 cm³/mol. The second-order valence-electron chi connectivity index (χ2n) is 7.17. The van der Waals surface area contributed by atoms with Gasteiger partial charge in [0.25, 0.3) is 0 Å². The molecule has 1 aliphatic heterocycles. The topological polar surface area (TPSA) is 95.9 Å². The van der Waals surface area contributed by atoms with Crippen LogP contribution in [0.1, 0.15) is 54.4 Å². The molecule has 1 atom stereocenters. The van der Waals surface area contributed by atoms with E-state index in [2.05, 4.69) is 26.1 Å². The molecule has 0 aromatic rings. The molecule has 2 amide bonds. The van der Waals surface area contributed by atoms with E-state index in [0.717, 1.165) is 5.92 Å². The number of alkyl carbamates (subject to hydrolysis) is 1. The molecule has 23 heavy (non-hydrogen) atoms. The van der Waals surface area contributed by atoms with Gasteiger partial charge >= 0.3 is 12.1 Å². The van der Waals surface area contributed by atoms with E-state index >= 15 is 0 Å². The van der Waals surface area contributed by atoms with Gasteiger partial charge in [-0.3, -0.25) is 4.79 Å². The van der Waals surface area contributed by atoms with Crippen molar-refractivity contribution >= 4 is 18.0 Å². The van der Waals surface area contributed by atoms with Crippen molar-refractivity contribution in [1.29, 1.82) is 0 Å². The van der Waals surface area contributed by atoms with Crippen LogP contribution in [0.15, 0.2) is 0 Å². The van der Waals surface area contributed by atoms with Crippen molar-refractivity contribution in [1.82, 2.24) is 10.2 Å². The summed E-state index contributed by atoms with van der Waals surface area (Å²) < 4.78 is 4.99. The van der Waals surface area contributed by atoms with Gasteiger partial charge in [-0.05, 0) is 39.5 Å². The molecule has 0 unspecified atom stereocenters. The fraction of sp³-hybridized carbons (Fsp3) is 0.812. The number of likely N-dealkylation sites (tertiary alicyclic amines) is 1. The highest BCUT2D eigenvalue weighted by molar-refractivity contribution is 5.87. The van der Waals surface area contributed by atoms with Gasteiger partial charge in [-0.25, -0.2) is 9.59 Å². The summed E-state index contributed by atoms with van der Waals surface area (Å²) in [7, 11) is 0. The summed E-state index contributed by atoms with van der Waals surface area (Å²) in [4.78, 5) is 35.4. The number of rotatable bonds is 3. The van der Waals surface area contributed by atoms with Gasteiger partial charge in [-0.15, -0.1) is 0 Å². The van der Waals surface area contributed by atoms with E-state index < -0.39 is 29.6 Å². The van der Waals surface area contributed by atoms with Gasteiger partial charge in [0, 0.05) is 6.54 Å². The molecular formula is C16H30N2O5. The minimum Gasteiger partial charge on any atom is -0.480 e. The molecule has 0 spiro atoms. The van der Waals surface area contributed by atoms with Crippen LogP contribution in [0.25, 0.3) is 0 Å². The van der Waals surface area contributed by atoms with E-state index in [4.69, 9.17) is 9.84 Å². The third kappa shape index (κ3) is 9.76. The first-order chi connectivity index (χ1) is 10.4. The van der Waals surface area contributed by atoms with Crippen LogP contribution in [-0.2, 0) is 14.3 Å².